The van der Waals surface area contributed by atoms with Crippen molar-refractivity contribution < 1.29 is 14.3 Å². The summed E-state index contributed by atoms with van der Waals surface area (Å²) in [6, 6.07) is 7.50. The zero-order valence-corrected chi connectivity index (χ0v) is 13.2. The Morgan fingerprint density at radius 3 is 2.59 bits per heavy atom. The summed E-state index contributed by atoms with van der Waals surface area (Å²) in [6.07, 6.45) is 0. The summed E-state index contributed by atoms with van der Waals surface area (Å²) >= 11 is 1.14. The molecular formula is C15H17N3O3S. The van der Waals surface area contributed by atoms with E-state index >= 15 is 0 Å². The highest BCUT2D eigenvalue weighted by atomic mass is 32.1. The molecule has 0 atom stereocenters. The van der Waals surface area contributed by atoms with Gasteiger partial charge in [-0.05, 0) is 24.6 Å². The molecule has 0 aliphatic carbocycles. The molecule has 0 spiro atoms. The molecule has 6 nitrogen and oxygen atoms in total. The Morgan fingerprint density at radius 2 is 1.95 bits per heavy atom. The van der Waals surface area contributed by atoms with Crippen LogP contribution in [0.25, 0.3) is 0 Å². The van der Waals surface area contributed by atoms with Crippen molar-refractivity contribution >= 4 is 23.2 Å². The first-order valence-electron chi connectivity index (χ1n) is 6.81. The molecule has 0 saturated carbocycles. The Labute approximate surface area is 132 Å². The molecule has 0 aliphatic heterocycles. The average molecular weight is 319 g/mol. The van der Waals surface area contributed by atoms with Crippen LogP contribution in [-0.2, 0) is 6.54 Å². The molecule has 116 valence electrons. The van der Waals surface area contributed by atoms with E-state index in [4.69, 9.17) is 4.74 Å². The van der Waals surface area contributed by atoms with Gasteiger partial charge in [0.25, 0.3) is 11.8 Å². The van der Waals surface area contributed by atoms with Crippen molar-refractivity contribution in [2.75, 3.05) is 13.7 Å². The SMILES string of the molecule is CCOc1ccc(CNC(=O)c2csc(C(=O)NC)n2)cc1. The van der Waals surface area contributed by atoms with Crippen molar-refractivity contribution in [3.63, 3.8) is 0 Å². The van der Waals surface area contributed by atoms with Gasteiger partial charge in [-0.2, -0.15) is 0 Å². The Bertz CT molecular complexity index is 652. The molecule has 1 heterocycles. The predicted molar refractivity (Wildman–Crippen MR) is 84.3 cm³/mol. The molecule has 1 aromatic carbocycles. The fourth-order valence-corrected chi connectivity index (χ4v) is 2.48. The maximum Gasteiger partial charge on any atom is 0.280 e. The highest BCUT2D eigenvalue weighted by Crippen LogP contribution is 2.13. The Morgan fingerprint density at radius 1 is 1.23 bits per heavy atom. The second-order valence-corrected chi connectivity index (χ2v) is 5.23. The molecule has 0 fully saturated rings. The largest absolute Gasteiger partial charge is 0.494 e. The first-order chi connectivity index (χ1) is 10.6. The van der Waals surface area contributed by atoms with Crippen LogP contribution < -0.4 is 15.4 Å². The summed E-state index contributed by atoms with van der Waals surface area (Å²) in [7, 11) is 1.52. The Balaban J connectivity index is 1.92. The lowest BCUT2D eigenvalue weighted by atomic mass is 10.2. The number of hydrogen-bond donors (Lipinski definition) is 2. The van der Waals surface area contributed by atoms with Crippen LogP contribution in [0, 0.1) is 0 Å². The molecule has 0 radical (unpaired) electrons. The van der Waals surface area contributed by atoms with E-state index in [0.29, 0.717) is 13.2 Å². The lowest BCUT2D eigenvalue weighted by Crippen LogP contribution is -2.24. The molecule has 2 amide bonds. The fraction of sp³-hybridized carbons (Fsp3) is 0.267. The van der Waals surface area contributed by atoms with Crippen molar-refractivity contribution in [2.45, 2.75) is 13.5 Å². The summed E-state index contributed by atoms with van der Waals surface area (Å²) in [5.74, 6) is 0.197. The molecule has 7 heteroatoms. The van der Waals surface area contributed by atoms with E-state index in [1.54, 1.807) is 5.38 Å². The van der Waals surface area contributed by atoms with Crippen LogP contribution in [-0.4, -0.2) is 30.5 Å². The summed E-state index contributed by atoms with van der Waals surface area (Å²) in [4.78, 5) is 27.4. The number of amides is 2. The van der Waals surface area contributed by atoms with Crippen molar-refractivity contribution in [1.29, 1.82) is 0 Å². The molecule has 2 rings (SSSR count). The summed E-state index contributed by atoms with van der Waals surface area (Å²) in [5.41, 5.74) is 1.20. The molecule has 2 aromatic rings. The van der Waals surface area contributed by atoms with E-state index in [1.807, 2.05) is 31.2 Å². The van der Waals surface area contributed by atoms with Crippen molar-refractivity contribution in [2.24, 2.45) is 0 Å². The zero-order chi connectivity index (χ0) is 15.9. The van der Waals surface area contributed by atoms with Gasteiger partial charge in [0.1, 0.15) is 11.4 Å². The first-order valence-corrected chi connectivity index (χ1v) is 7.69. The number of nitrogens with zero attached hydrogens (tertiary/aromatic N) is 1. The van der Waals surface area contributed by atoms with Crippen LogP contribution in [0.2, 0.25) is 0 Å². The van der Waals surface area contributed by atoms with Gasteiger partial charge in [0.05, 0.1) is 6.61 Å². The number of thiazole rings is 1. The third kappa shape index (κ3) is 4.05. The van der Waals surface area contributed by atoms with E-state index in [1.165, 1.54) is 7.05 Å². The maximum absolute atomic E-state index is 12.0. The number of hydrogen-bond acceptors (Lipinski definition) is 5. The minimum atomic E-state index is -0.305. The number of benzene rings is 1. The Kier molecular flexibility index (Phi) is 5.48. The second kappa shape index (κ2) is 7.56. The van der Waals surface area contributed by atoms with Crippen LogP contribution >= 0.6 is 11.3 Å². The summed E-state index contributed by atoms with van der Waals surface area (Å²) in [5, 5.41) is 7.08. The number of carbonyl (C=O) groups excluding carboxylic acids is 2. The molecule has 2 N–H and O–H groups in total. The molecule has 0 unspecified atom stereocenters. The van der Waals surface area contributed by atoms with Crippen molar-refractivity contribution in [3.8, 4) is 5.75 Å². The number of rotatable bonds is 6. The highest BCUT2D eigenvalue weighted by Gasteiger charge is 2.14. The third-order valence-corrected chi connectivity index (χ3v) is 3.69. The van der Waals surface area contributed by atoms with E-state index in [-0.39, 0.29) is 22.5 Å². The van der Waals surface area contributed by atoms with Gasteiger partial charge < -0.3 is 15.4 Å². The molecule has 0 aliphatic rings. The number of ether oxygens (including phenoxy) is 1. The lowest BCUT2D eigenvalue weighted by molar-refractivity contribution is 0.0946. The monoisotopic (exact) mass is 319 g/mol. The second-order valence-electron chi connectivity index (χ2n) is 4.38. The number of nitrogens with one attached hydrogen (secondary N) is 2. The molecule has 0 bridgehead atoms. The quantitative estimate of drug-likeness (QED) is 0.851. The molecule has 0 saturated heterocycles. The van der Waals surface area contributed by atoms with E-state index in [2.05, 4.69) is 15.6 Å². The molecular weight excluding hydrogens is 302 g/mol. The van der Waals surface area contributed by atoms with Gasteiger partial charge in [-0.3, -0.25) is 9.59 Å². The smallest absolute Gasteiger partial charge is 0.280 e. The lowest BCUT2D eigenvalue weighted by Gasteiger charge is -2.06. The average Bonchev–Trinajstić information content (AvgIpc) is 3.03. The van der Waals surface area contributed by atoms with E-state index < -0.39 is 0 Å². The number of carbonyl (C=O) groups is 2. The van der Waals surface area contributed by atoms with Crippen LogP contribution in [0.1, 0.15) is 32.8 Å². The summed E-state index contributed by atoms with van der Waals surface area (Å²) < 4.78 is 5.36. The number of aromatic nitrogens is 1. The predicted octanol–water partition coefficient (Wildman–Crippen LogP) is 1.83. The van der Waals surface area contributed by atoms with Gasteiger partial charge in [-0.1, -0.05) is 12.1 Å². The standard InChI is InChI=1S/C15H17N3O3S/c1-3-21-11-6-4-10(5-7-11)8-17-13(19)12-9-22-15(18-12)14(20)16-2/h4-7,9H,3,8H2,1-2H3,(H,16,20)(H,17,19). The van der Waals surface area contributed by atoms with E-state index in [9.17, 15) is 9.59 Å². The van der Waals surface area contributed by atoms with Gasteiger partial charge in [0.2, 0.25) is 0 Å². The van der Waals surface area contributed by atoms with Crippen LogP contribution in [0.3, 0.4) is 0 Å². The van der Waals surface area contributed by atoms with E-state index in [0.717, 1.165) is 22.6 Å². The van der Waals surface area contributed by atoms with Gasteiger partial charge in [-0.25, -0.2) is 4.98 Å². The topological polar surface area (TPSA) is 80.3 Å². The zero-order valence-electron chi connectivity index (χ0n) is 12.4. The fourth-order valence-electron chi connectivity index (χ4n) is 1.73. The van der Waals surface area contributed by atoms with Crippen molar-refractivity contribution in [3.05, 3.63) is 45.9 Å². The molecule has 22 heavy (non-hydrogen) atoms. The van der Waals surface area contributed by atoms with Gasteiger partial charge in [0, 0.05) is 19.0 Å². The van der Waals surface area contributed by atoms with Crippen LogP contribution in [0.15, 0.2) is 29.6 Å². The van der Waals surface area contributed by atoms with Crippen LogP contribution in [0.5, 0.6) is 5.75 Å². The van der Waals surface area contributed by atoms with Gasteiger partial charge in [0.15, 0.2) is 5.01 Å². The van der Waals surface area contributed by atoms with Gasteiger partial charge >= 0.3 is 0 Å². The first kappa shape index (κ1) is 16.0. The Hall–Kier alpha value is -2.41. The summed E-state index contributed by atoms with van der Waals surface area (Å²) in [6.45, 7) is 2.93. The maximum atomic E-state index is 12.0. The van der Waals surface area contributed by atoms with Crippen molar-refractivity contribution in [1.82, 2.24) is 15.6 Å². The molecule has 1 aromatic heterocycles. The third-order valence-electron chi connectivity index (χ3n) is 2.85. The van der Waals surface area contributed by atoms with Gasteiger partial charge in [-0.15, -0.1) is 11.3 Å². The highest BCUT2D eigenvalue weighted by molar-refractivity contribution is 7.11. The minimum Gasteiger partial charge on any atom is -0.494 e. The normalized spacial score (nSPS) is 10.1. The minimum absolute atomic E-state index is 0.245. The van der Waals surface area contributed by atoms with Crippen LogP contribution in [0.4, 0.5) is 0 Å².